The van der Waals surface area contributed by atoms with Gasteiger partial charge in [0.05, 0.1) is 11.9 Å². The van der Waals surface area contributed by atoms with Gasteiger partial charge in [-0.15, -0.1) is 0 Å². The molecule has 0 radical (unpaired) electrons. The average Bonchev–Trinajstić information content (AvgIpc) is 2.76. The van der Waals surface area contributed by atoms with E-state index < -0.39 is 10.0 Å². The van der Waals surface area contributed by atoms with E-state index in [0.29, 0.717) is 5.69 Å². The number of carbonyl (C=O) groups excluding carboxylic acids is 1. The van der Waals surface area contributed by atoms with Crippen molar-refractivity contribution >= 4 is 27.3 Å². The second kappa shape index (κ2) is 8.71. The summed E-state index contributed by atoms with van der Waals surface area (Å²) in [5.74, 6) is 2.48. The van der Waals surface area contributed by atoms with E-state index in [0.717, 1.165) is 35.3 Å². The molecule has 2 aromatic carbocycles. The number of para-hydroxylation sites is 1. The number of rotatable bonds is 7. The number of amides is 1. The topological polar surface area (TPSA) is 66.5 Å². The number of hydrogen-bond donors (Lipinski definition) is 1. The highest BCUT2D eigenvalue weighted by Crippen LogP contribution is 2.60. The van der Waals surface area contributed by atoms with Crippen molar-refractivity contribution in [1.29, 1.82) is 0 Å². The quantitative estimate of drug-likeness (QED) is 0.554. The van der Waals surface area contributed by atoms with Gasteiger partial charge in [-0.3, -0.25) is 9.10 Å². The number of anilines is 2. The van der Waals surface area contributed by atoms with Crippen molar-refractivity contribution in [3.8, 4) is 0 Å². The van der Waals surface area contributed by atoms with E-state index in [2.05, 4.69) is 31.3 Å². The van der Waals surface area contributed by atoms with E-state index in [-0.39, 0.29) is 23.8 Å². The molecule has 4 bridgehead atoms. The highest BCUT2D eigenvalue weighted by molar-refractivity contribution is 7.92. The predicted octanol–water partition coefficient (Wildman–Crippen LogP) is 5.68. The fourth-order valence-corrected chi connectivity index (χ4v) is 8.14. The van der Waals surface area contributed by atoms with Crippen LogP contribution in [0, 0.1) is 17.8 Å². The SMILES string of the molecule is CC(C)c1ccccc1NC(=O)CN(c1ccc(C23CC4CC(CC(C4)C2)C3)cc1)S(C)(=O)=O. The Morgan fingerprint density at radius 1 is 0.971 bits per heavy atom. The number of benzene rings is 2. The summed E-state index contributed by atoms with van der Waals surface area (Å²) >= 11 is 0. The van der Waals surface area contributed by atoms with Crippen molar-refractivity contribution in [2.24, 2.45) is 17.8 Å². The van der Waals surface area contributed by atoms with Gasteiger partial charge in [0.2, 0.25) is 15.9 Å². The molecule has 4 aliphatic rings. The van der Waals surface area contributed by atoms with Gasteiger partial charge >= 0.3 is 0 Å². The molecule has 6 rings (SSSR count). The van der Waals surface area contributed by atoms with Gasteiger partial charge in [0.15, 0.2) is 0 Å². The van der Waals surface area contributed by atoms with Crippen LogP contribution < -0.4 is 9.62 Å². The molecule has 1 N–H and O–H groups in total. The third-order valence-corrected chi connectivity index (χ3v) is 9.49. The van der Waals surface area contributed by atoms with Gasteiger partial charge in [-0.1, -0.05) is 44.2 Å². The van der Waals surface area contributed by atoms with Gasteiger partial charge in [-0.2, -0.15) is 0 Å². The van der Waals surface area contributed by atoms with Crippen LogP contribution in [0.4, 0.5) is 11.4 Å². The first-order valence-corrected chi connectivity index (χ1v) is 14.4. The maximum absolute atomic E-state index is 12.9. The number of carbonyl (C=O) groups is 1. The minimum Gasteiger partial charge on any atom is -0.324 e. The van der Waals surface area contributed by atoms with Crippen LogP contribution in [-0.4, -0.2) is 27.1 Å². The van der Waals surface area contributed by atoms with Gasteiger partial charge in [-0.05, 0) is 96.9 Å². The summed E-state index contributed by atoms with van der Waals surface area (Å²) in [6, 6.07) is 15.7. The van der Waals surface area contributed by atoms with Gasteiger partial charge in [-0.25, -0.2) is 8.42 Å². The summed E-state index contributed by atoms with van der Waals surface area (Å²) in [4.78, 5) is 12.9. The number of sulfonamides is 1. The molecule has 6 heteroatoms. The maximum atomic E-state index is 12.9. The van der Waals surface area contributed by atoms with E-state index in [1.54, 1.807) is 0 Å². The molecule has 4 saturated carbocycles. The van der Waals surface area contributed by atoms with Crippen LogP contribution in [0.15, 0.2) is 48.5 Å². The molecule has 0 atom stereocenters. The van der Waals surface area contributed by atoms with Crippen molar-refractivity contribution < 1.29 is 13.2 Å². The number of hydrogen-bond acceptors (Lipinski definition) is 3. The molecule has 1 amide bonds. The third-order valence-electron chi connectivity index (χ3n) is 8.35. The summed E-state index contributed by atoms with van der Waals surface area (Å²) in [5, 5.41) is 2.92. The summed E-state index contributed by atoms with van der Waals surface area (Å²) in [6.45, 7) is 3.89. The van der Waals surface area contributed by atoms with E-state index in [9.17, 15) is 13.2 Å². The zero-order valence-electron chi connectivity index (χ0n) is 20.5. The molecule has 0 spiro atoms. The largest absolute Gasteiger partial charge is 0.324 e. The Labute approximate surface area is 204 Å². The first kappa shape index (κ1) is 23.4. The van der Waals surface area contributed by atoms with Gasteiger partial charge in [0.1, 0.15) is 6.54 Å². The molecule has 0 saturated heterocycles. The Bertz CT molecular complexity index is 1140. The van der Waals surface area contributed by atoms with Gasteiger partial charge in [0, 0.05) is 5.69 Å². The smallest absolute Gasteiger partial charge is 0.245 e. The summed E-state index contributed by atoms with van der Waals surface area (Å²) in [5.41, 5.74) is 3.92. The first-order chi connectivity index (χ1) is 16.1. The lowest BCUT2D eigenvalue weighted by atomic mass is 9.48. The monoisotopic (exact) mass is 480 g/mol. The Balaban J connectivity index is 1.35. The first-order valence-electron chi connectivity index (χ1n) is 12.6. The van der Waals surface area contributed by atoms with Crippen LogP contribution in [0.1, 0.15) is 69.4 Å². The second-order valence-corrected chi connectivity index (χ2v) is 13.2. The molecule has 4 fully saturated rings. The van der Waals surface area contributed by atoms with E-state index in [1.807, 2.05) is 36.4 Å². The standard InChI is InChI=1S/C28H36N2O3S/c1-19(2)25-6-4-5-7-26(25)29-27(31)18-30(34(3,32)33)24-10-8-23(9-11-24)28-15-20-12-21(16-28)14-22(13-20)17-28/h4-11,19-22H,12-18H2,1-3H3,(H,29,31). The molecule has 0 aliphatic heterocycles. The Hall–Kier alpha value is -2.34. The molecule has 0 unspecified atom stereocenters. The second-order valence-electron chi connectivity index (χ2n) is 11.3. The Morgan fingerprint density at radius 2 is 1.53 bits per heavy atom. The Kier molecular flexibility index (Phi) is 5.99. The molecule has 5 nitrogen and oxygen atoms in total. The number of nitrogens with zero attached hydrogens (tertiary/aromatic N) is 1. The van der Waals surface area contributed by atoms with Crippen molar-refractivity contribution in [3.05, 3.63) is 59.7 Å². The third kappa shape index (κ3) is 4.49. The van der Waals surface area contributed by atoms with Crippen LogP contribution in [0.5, 0.6) is 0 Å². The lowest BCUT2D eigenvalue weighted by molar-refractivity contribution is -0.114. The highest BCUT2D eigenvalue weighted by atomic mass is 32.2. The fraction of sp³-hybridized carbons (Fsp3) is 0.536. The van der Waals surface area contributed by atoms with E-state index in [4.69, 9.17) is 0 Å². The lowest BCUT2D eigenvalue weighted by Crippen LogP contribution is -2.48. The number of nitrogens with one attached hydrogen (secondary N) is 1. The van der Waals surface area contributed by atoms with Crippen LogP contribution in [0.2, 0.25) is 0 Å². The Morgan fingerprint density at radius 3 is 2.06 bits per heavy atom. The summed E-state index contributed by atoms with van der Waals surface area (Å²) in [7, 11) is -3.62. The van der Waals surface area contributed by atoms with Crippen molar-refractivity contribution in [1.82, 2.24) is 0 Å². The molecular formula is C28H36N2O3S. The molecule has 4 aliphatic carbocycles. The molecular weight excluding hydrogens is 444 g/mol. The van der Waals surface area contributed by atoms with Crippen LogP contribution in [0.3, 0.4) is 0 Å². The minimum atomic E-state index is -3.62. The maximum Gasteiger partial charge on any atom is 0.245 e. The summed E-state index contributed by atoms with van der Waals surface area (Å²) in [6.07, 6.45) is 9.16. The fourth-order valence-electron chi connectivity index (χ4n) is 7.28. The van der Waals surface area contributed by atoms with Crippen molar-refractivity contribution in [2.45, 2.75) is 63.7 Å². The summed E-state index contributed by atoms with van der Waals surface area (Å²) < 4.78 is 26.5. The normalized spacial score (nSPS) is 27.7. The lowest BCUT2D eigenvalue weighted by Gasteiger charge is -2.57. The molecule has 2 aromatic rings. The van der Waals surface area contributed by atoms with Gasteiger partial charge < -0.3 is 5.32 Å². The molecule has 34 heavy (non-hydrogen) atoms. The van der Waals surface area contributed by atoms with Crippen LogP contribution in [-0.2, 0) is 20.2 Å². The average molecular weight is 481 g/mol. The molecule has 0 aromatic heterocycles. The van der Waals surface area contributed by atoms with Crippen molar-refractivity contribution in [2.75, 3.05) is 22.4 Å². The van der Waals surface area contributed by atoms with E-state index >= 15 is 0 Å². The minimum absolute atomic E-state index is 0.248. The highest BCUT2D eigenvalue weighted by Gasteiger charge is 2.51. The van der Waals surface area contributed by atoms with Crippen LogP contribution in [0.25, 0.3) is 0 Å². The molecule has 0 heterocycles. The van der Waals surface area contributed by atoms with Crippen LogP contribution >= 0.6 is 0 Å². The predicted molar refractivity (Wildman–Crippen MR) is 138 cm³/mol. The zero-order valence-corrected chi connectivity index (χ0v) is 21.3. The van der Waals surface area contributed by atoms with E-state index in [1.165, 1.54) is 48.4 Å². The molecule has 182 valence electrons. The zero-order chi connectivity index (χ0) is 24.1. The van der Waals surface area contributed by atoms with Crippen molar-refractivity contribution in [3.63, 3.8) is 0 Å². The van der Waals surface area contributed by atoms with Gasteiger partial charge in [0.25, 0.3) is 0 Å².